The first-order valence-corrected chi connectivity index (χ1v) is 9.93. The molecule has 3 aromatic rings. The zero-order valence-electron chi connectivity index (χ0n) is 17.1. The Morgan fingerprint density at radius 1 is 1.24 bits per heavy atom. The predicted octanol–water partition coefficient (Wildman–Crippen LogP) is 2.88. The van der Waals surface area contributed by atoms with Crippen molar-refractivity contribution in [3.63, 3.8) is 0 Å². The first-order chi connectivity index (χ1) is 14.0. The molecule has 0 saturated carbocycles. The molecule has 1 aliphatic rings. The molecule has 7 nitrogen and oxygen atoms in total. The maximum Gasteiger partial charge on any atom is 0.269 e. The Balaban J connectivity index is 1.61. The zero-order valence-corrected chi connectivity index (χ0v) is 17.1. The standard InChI is InChI=1S/C22H26N6O/c1-15-11-17(16-6-7-19(24-13-16)22(29)23-2)12-20(26-15)21-5-4-10-28(21)14-18-8-9-25-27(18)3/h6-9,11-13,21H,4-5,10,14H2,1-3H3,(H,23,29)/t21-/m1/s1. The molecule has 4 heterocycles. The van der Waals surface area contributed by atoms with Crippen LogP contribution >= 0.6 is 0 Å². The number of nitrogens with one attached hydrogen (secondary N) is 1. The van der Waals surface area contributed by atoms with Gasteiger partial charge in [0.1, 0.15) is 5.69 Å². The van der Waals surface area contributed by atoms with Crippen molar-refractivity contribution >= 4 is 5.91 Å². The monoisotopic (exact) mass is 390 g/mol. The Hall–Kier alpha value is -3.06. The molecule has 150 valence electrons. The molecule has 4 rings (SSSR count). The van der Waals surface area contributed by atoms with Gasteiger partial charge in [0, 0.05) is 44.3 Å². The minimum atomic E-state index is -0.181. The number of pyridine rings is 2. The van der Waals surface area contributed by atoms with Gasteiger partial charge in [0.05, 0.1) is 17.4 Å². The quantitative estimate of drug-likeness (QED) is 0.725. The van der Waals surface area contributed by atoms with E-state index in [4.69, 9.17) is 4.98 Å². The highest BCUT2D eigenvalue weighted by Gasteiger charge is 2.28. The normalized spacial score (nSPS) is 16.9. The first-order valence-electron chi connectivity index (χ1n) is 9.93. The van der Waals surface area contributed by atoms with Gasteiger partial charge in [0.25, 0.3) is 5.91 Å². The summed E-state index contributed by atoms with van der Waals surface area (Å²) in [7, 11) is 3.59. The van der Waals surface area contributed by atoms with Gasteiger partial charge in [-0.15, -0.1) is 0 Å². The number of carbonyl (C=O) groups excluding carboxylic acids is 1. The average Bonchev–Trinajstić information content (AvgIpc) is 3.36. The number of carbonyl (C=O) groups is 1. The highest BCUT2D eigenvalue weighted by atomic mass is 16.1. The fourth-order valence-corrected chi connectivity index (χ4v) is 3.97. The van der Waals surface area contributed by atoms with Gasteiger partial charge in [-0.3, -0.25) is 24.3 Å². The molecule has 0 radical (unpaired) electrons. The molecule has 1 saturated heterocycles. The van der Waals surface area contributed by atoms with E-state index in [1.807, 2.05) is 30.9 Å². The maximum absolute atomic E-state index is 11.7. The second-order valence-electron chi connectivity index (χ2n) is 7.51. The highest BCUT2D eigenvalue weighted by molar-refractivity contribution is 5.92. The van der Waals surface area contributed by atoms with E-state index in [2.05, 4.69) is 38.5 Å². The first kappa shape index (κ1) is 19.3. The molecule has 1 amide bonds. The molecule has 1 N–H and O–H groups in total. The van der Waals surface area contributed by atoms with Crippen LogP contribution in [0.1, 0.15) is 46.5 Å². The highest BCUT2D eigenvalue weighted by Crippen LogP contribution is 2.34. The van der Waals surface area contributed by atoms with Gasteiger partial charge in [0.15, 0.2) is 0 Å². The van der Waals surface area contributed by atoms with Crippen LogP contribution < -0.4 is 5.32 Å². The average molecular weight is 390 g/mol. The molecule has 29 heavy (non-hydrogen) atoms. The van der Waals surface area contributed by atoms with Crippen molar-refractivity contribution in [2.24, 2.45) is 7.05 Å². The van der Waals surface area contributed by atoms with Crippen LogP contribution in [0.2, 0.25) is 0 Å². The summed E-state index contributed by atoms with van der Waals surface area (Å²) in [6.45, 7) is 3.96. The molecule has 7 heteroatoms. The molecule has 0 bridgehead atoms. The SMILES string of the molecule is CNC(=O)c1ccc(-c2cc(C)nc([C@H]3CCCN3Cc3ccnn3C)c2)cn1. The van der Waals surface area contributed by atoms with Gasteiger partial charge in [-0.2, -0.15) is 5.10 Å². The Morgan fingerprint density at radius 2 is 2.10 bits per heavy atom. The molecule has 1 aliphatic heterocycles. The lowest BCUT2D eigenvalue weighted by Gasteiger charge is -2.24. The van der Waals surface area contributed by atoms with Crippen molar-refractivity contribution in [2.45, 2.75) is 32.4 Å². The fourth-order valence-electron chi connectivity index (χ4n) is 3.97. The summed E-state index contributed by atoms with van der Waals surface area (Å²) in [6, 6.07) is 10.3. The van der Waals surface area contributed by atoms with E-state index in [-0.39, 0.29) is 5.91 Å². The van der Waals surface area contributed by atoms with Crippen molar-refractivity contribution in [1.82, 2.24) is 30.0 Å². The number of amides is 1. The number of hydrogen-bond donors (Lipinski definition) is 1. The second kappa shape index (κ2) is 8.13. The van der Waals surface area contributed by atoms with E-state index >= 15 is 0 Å². The lowest BCUT2D eigenvalue weighted by atomic mass is 10.0. The Morgan fingerprint density at radius 3 is 2.79 bits per heavy atom. The Bertz CT molecular complexity index is 1010. The molecule has 1 fully saturated rings. The lowest BCUT2D eigenvalue weighted by Crippen LogP contribution is -2.25. The van der Waals surface area contributed by atoms with Gasteiger partial charge < -0.3 is 5.32 Å². The van der Waals surface area contributed by atoms with Gasteiger partial charge in [-0.25, -0.2) is 0 Å². The number of nitrogens with zero attached hydrogens (tertiary/aromatic N) is 5. The number of rotatable bonds is 5. The molecule has 1 atom stereocenters. The minimum absolute atomic E-state index is 0.181. The molecule has 0 spiro atoms. The van der Waals surface area contributed by atoms with Crippen molar-refractivity contribution in [1.29, 1.82) is 0 Å². The Labute approximate surface area is 170 Å². The van der Waals surface area contributed by atoms with E-state index in [0.29, 0.717) is 11.7 Å². The summed E-state index contributed by atoms with van der Waals surface area (Å²) in [4.78, 5) is 23.4. The molecule has 0 aromatic carbocycles. The summed E-state index contributed by atoms with van der Waals surface area (Å²) < 4.78 is 1.93. The zero-order chi connectivity index (χ0) is 20.4. The van der Waals surface area contributed by atoms with Crippen molar-refractivity contribution in [3.8, 4) is 11.1 Å². The summed E-state index contributed by atoms with van der Waals surface area (Å²) in [6.07, 6.45) is 5.86. The summed E-state index contributed by atoms with van der Waals surface area (Å²) in [5, 5.41) is 6.89. The third kappa shape index (κ3) is 4.05. The van der Waals surface area contributed by atoms with E-state index in [0.717, 1.165) is 48.4 Å². The van der Waals surface area contributed by atoms with Crippen LogP contribution in [0.4, 0.5) is 0 Å². The van der Waals surface area contributed by atoms with E-state index < -0.39 is 0 Å². The van der Waals surface area contributed by atoms with Gasteiger partial charge in [-0.1, -0.05) is 6.07 Å². The second-order valence-corrected chi connectivity index (χ2v) is 7.51. The molecular formula is C22H26N6O. The van der Waals surface area contributed by atoms with Crippen LogP contribution in [0.25, 0.3) is 11.1 Å². The van der Waals surface area contributed by atoms with Crippen LogP contribution in [0, 0.1) is 6.92 Å². The third-order valence-electron chi connectivity index (χ3n) is 5.52. The van der Waals surface area contributed by atoms with Crippen LogP contribution in [0.3, 0.4) is 0 Å². The van der Waals surface area contributed by atoms with Gasteiger partial charge in [0.2, 0.25) is 0 Å². The largest absolute Gasteiger partial charge is 0.354 e. The van der Waals surface area contributed by atoms with Gasteiger partial charge in [-0.05, 0) is 56.1 Å². The topological polar surface area (TPSA) is 75.9 Å². The third-order valence-corrected chi connectivity index (χ3v) is 5.52. The van der Waals surface area contributed by atoms with Crippen molar-refractivity contribution in [3.05, 3.63) is 65.5 Å². The number of aromatic nitrogens is 4. The molecule has 0 unspecified atom stereocenters. The predicted molar refractivity (Wildman–Crippen MR) is 111 cm³/mol. The van der Waals surface area contributed by atoms with Crippen molar-refractivity contribution < 1.29 is 4.79 Å². The molecule has 3 aromatic heterocycles. The summed E-state index contributed by atoms with van der Waals surface area (Å²) in [5.41, 5.74) is 5.77. The molecular weight excluding hydrogens is 364 g/mol. The molecule has 0 aliphatic carbocycles. The number of aryl methyl sites for hydroxylation is 2. The Kier molecular flexibility index (Phi) is 5.40. The smallest absolute Gasteiger partial charge is 0.269 e. The van der Waals surface area contributed by atoms with E-state index in [9.17, 15) is 4.79 Å². The van der Waals surface area contributed by atoms with Crippen LogP contribution in [-0.4, -0.2) is 44.1 Å². The van der Waals surface area contributed by atoms with E-state index in [1.54, 1.807) is 19.3 Å². The summed E-state index contributed by atoms with van der Waals surface area (Å²) >= 11 is 0. The lowest BCUT2D eigenvalue weighted by molar-refractivity contribution is 0.0958. The van der Waals surface area contributed by atoms with Crippen molar-refractivity contribution in [2.75, 3.05) is 13.6 Å². The number of likely N-dealkylation sites (tertiary alicyclic amines) is 1. The number of hydrogen-bond acceptors (Lipinski definition) is 5. The fraction of sp³-hybridized carbons (Fsp3) is 0.364. The van der Waals surface area contributed by atoms with Crippen LogP contribution in [-0.2, 0) is 13.6 Å². The van der Waals surface area contributed by atoms with Gasteiger partial charge >= 0.3 is 0 Å². The van der Waals surface area contributed by atoms with Crippen LogP contribution in [0.5, 0.6) is 0 Å². The minimum Gasteiger partial charge on any atom is -0.354 e. The maximum atomic E-state index is 11.7. The van der Waals surface area contributed by atoms with E-state index in [1.165, 1.54) is 5.69 Å². The summed E-state index contributed by atoms with van der Waals surface area (Å²) in [5.74, 6) is -0.181. The van der Waals surface area contributed by atoms with Crippen LogP contribution in [0.15, 0.2) is 42.7 Å².